The van der Waals surface area contributed by atoms with E-state index in [1.54, 1.807) is 19.2 Å². The van der Waals surface area contributed by atoms with Crippen LogP contribution in [0.5, 0.6) is 11.5 Å². The van der Waals surface area contributed by atoms with Gasteiger partial charge in [0.05, 0.1) is 0 Å². The molecule has 0 saturated heterocycles. The minimum absolute atomic E-state index is 0.109. The first kappa shape index (κ1) is 10.7. The van der Waals surface area contributed by atoms with Crippen LogP contribution in [0.4, 0.5) is 0 Å². The predicted octanol–water partition coefficient (Wildman–Crippen LogP) is 3.08. The Kier molecular flexibility index (Phi) is 2.46. The lowest BCUT2D eigenvalue weighted by Gasteiger charge is -2.09. The molecule has 0 atom stereocenters. The topological polar surface area (TPSA) is 53.4 Å². The van der Waals surface area contributed by atoms with Gasteiger partial charge in [-0.1, -0.05) is 13.8 Å². The van der Waals surface area contributed by atoms with Crippen LogP contribution in [0.3, 0.4) is 0 Å². The van der Waals surface area contributed by atoms with Gasteiger partial charge in [0, 0.05) is 22.8 Å². The van der Waals surface area contributed by atoms with E-state index in [0.29, 0.717) is 16.9 Å². The number of fused-ring (bicyclic) bond motifs is 1. The van der Waals surface area contributed by atoms with Crippen LogP contribution in [-0.4, -0.2) is 15.2 Å². The first-order valence-corrected chi connectivity index (χ1v) is 5.32. The van der Waals surface area contributed by atoms with E-state index in [4.69, 9.17) is 0 Å². The van der Waals surface area contributed by atoms with Crippen molar-refractivity contribution in [2.45, 2.75) is 26.7 Å². The summed E-state index contributed by atoms with van der Waals surface area (Å²) >= 11 is 0. The van der Waals surface area contributed by atoms with E-state index < -0.39 is 0 Å². The molecule has 0 unspecified atom stereocenters. The number of nitrogens with zero attached hydrogens (tertiary/aromatic N) is 1. The van der Waals surface area contributed by atoms with Gasteiger partial charge >= 0.3 is 0 Å². The molecule has 0 spiro atoms. The molecule has 0 amide bonds. The minimum atomic E-state index is 0.109. The van der Waals surface area contributed by atoms with E-state index in [1.165, 1.54) is 0 Å². The monoisotopic (exact) mass is 217 g/mol. The van der Waals surface area contributed by atoms with Crippen molar-refractivity contribution in [3.05, 3.63) is 29.6 Å². The van der Waals surface area contributed by atoms with Crippen LogP contribution >= 0.6 is 0 Å². The Morgan fingerprint density at radius 1 is 1.19 bits per heavy atom. The van der Waals surface area contributed by atoms with Crippen molar-refractivity contribution in [3.8, 4) is 11.5 Å². The third kappa shape index (κ3) is 1.58. The molecule has 0 fully saturated rings. The maximum atomic E-state index is 9.87. The molecule has 0 bridgehead atoms. The Balaban J connectivity index is 2.76. The van der Waals surface area contributed by atoms with Crippen LogP contribution < -0.4 is 0 Å². The second kappa shape index (κ2) is 3.67. The highest BCUT2D eigenvalue weighted by molar-refractivity contribution is 5.90. The van der Waals surface area contributed by atoms with Crippen molar-refractivity contribution in [2.24, 2.45) is 0 Å². The molecule has 0 aliphatic heterocycles. The van der Waals surface area contributed by atoms with E-state index >= 15 is 0 Å². The maximum Gasteiger partial charge on any atom is 0.131 e. The Morgan fingerprint density at radius 2 is 1.88 bits per heavy atom. The molecule has 16 heavy (non-hydrogen) atoms. The molecule has 3 heteroatoms. The zero-order valence-corrected chi connectivity index (χ0v) is 9.65. The zero-order chi connectivity index (χ0) is 11.9. The normalized spacial score (nSPS) is 11.2. The highest BCUT2D eigenvalue weighted by Crippen LogP contribution is 2.35. The first-order chi connectivity index (χ1) is 7.50. The van der Waals surface area contributed by atoms with E-state index in [1.807, 2.05) is 6.07 Å². The zero-order valence-electron chi connectivity index (χ0n) is 9.65. The van der Waals surface area contributed by atoms with E-state index in [-0.39, 0.29) is 11.5 Å². The number of hydrogen-bond acceptors (Lipinski definition) is 3. The van der Waals surface area contributed by atoms with Gasteiger partial charge in [-0.25, -0.2) is 0 Å². The fourth-order valence-corrected chi connectivity index (χ4v) is 1.70. The summed E-state index contributed by atoms with van der Waals surface area (Å²) in [5.74, 6) is 0.554. The lowest BCUT2D eigenvalue weighted by atomic mass is 10.0. The summed E-state index contributed by atoms with van der Waals surface area (Å²) in [5.41, 5.74) is 1.45. The van der Waals surface area contributed by atoms with Gasteiger partial charge in [0.1, 0.15) is 11.5 Å². The predicted molar refractivity (Wildman–Crippen MR) is 63.9 cm³/mol. The summed E-state index contributed by atoms with van der Waals surface area (Å²) < 4.78 is 0. The summed E-state index contributed by atoms with van der Waals surface area (Å²) in [5, 5.41) is 21.0. The highest BCUT2D eigenvalue weighted by Gasteiger charge is 2.10. The summed E-state index contributed by atoms with van der Waals surface area (Å²) in [7, 11) is 0. The van der Waals surface area contributed by atoms with Gasteiger partial charge in [-0.15, -0.1) is 0 Å². The number of pyridine rings is 1. The van der Waals surface area contributed by atoms with Crippen molar-refractivity contribution in [1.29, 1.82) is 0 Å². The number of rotatable bonds is 1. The van der Waals surface area contributed by atoms with Crippen molar-refractivity contribution >= 4 is 10.8 Å². The van der Waals surface area contributed by atoms with Crippen LogP contribution in [0.25, 0.3) is 10.8 Å². The molecule has 2 aromatic rings. The van der Waals surface area contributed by atoms with Crippen molar-refractivity contribution in [3.63, 3.8) is 0 Å². The number of benzene rings is 1. The van der Waals surface area contributed by atoms with Crippen LogP contribution in [0, 0.1) is 6.92 Å². The number of phenolic OH excluding ortho intramolecular Hbond substituents is 2. The van der Waals surface area contributed by atoms with Gasteiger partial charge in [-0.3, -0.25) is 4.98 Å². The molecular formula is C13H15NO2. The third-order valence-electron chi connectivity index (χ3n) is 2.84. The van der Waals surface area contributed by atoms with Gasteiger partial charge in [-0.05, 0) is 30.4 Å². The SMILES string of the molecule is Cc1c(O)cc2cc(C(C)C)ncc2c1O. The Bertz CT molecular complexity index is 547. The van der Waals surface area contributed by atoms with Gasteiger partial charge < -0.3 is 10.2 Å². The van der Waals surface area contributed by atoms with Crippen LogP contribution in [-0.2, 0) is 0 Å². The summed E-state index contributed by atoms with van der Waals surface area (Å²) in [6.07, 6.45) is 1.66. The summed E-state index contributed by atoms with van der Waals surface area (Å²) in [4.78, 5) is 4.30. The molecule has 0 saturated carbocycles. The molecule has 1 aromatic heterocycles. The standard InChI is InChI=1S/C13H15NO2/c1-7(2)11-4-9-5-12(15)8(3)13(16)10(9)6-14-11/h4-7,15-16H,1-3H3. The van der Waals surface area contributed by atoms with Crippen LogP contribution in [0.2, 0.25) is 0 Å². The van der Waals surface area contributed by atoms with Crippen molar-refractivity contribution in [2.75, 3.05) is 0 Å². The molecular weight excluding hydrogens is 202 g/mol. The first-order valence-electron chi connectivity index (χ1n) is 5.32. The molecule has 1 aromatic carbocycles. The highest BCUT2D eigenvalue weighted by atomic mass is 16.3. The molecule has 2 rings (SSSR count). The maximum absolute atomic E-state index is 9.87. The van der Waals surface area contributed by atoms with E-state index in [9.17, 15) is 10.2 Å². The fourth-order valence-electron chi connectivity index (χ4n) is 1.70. The minimum Gasteiger partial charge on any atom is -0.508 e. The molecule has 84 valence electrons. The molecule has 0 aliphatic carbocycles. The van der Waals surface area contributed by atoms with Gasteiger partial charge in [0.2, 0.25) is 0 Å². The molecule has 1 heterocycles. The number of hydrogen-bond donors (Lipinski definition) is 2. The summed E-state index contributed by atoms with van der Waals surface area (Å²) in [6.45, 7) is 5.80. The summed E-state index contributed by atoms with van der Waals surface area (Å²) in [6, 6.07) is 3.57. The van der Waals surface area contributed by atoms with E-state index in [2.05, 4.69) is 18.8 Å². The third-order valence-corrected chi connectivity index (χ3v) is 2.84. The van der Waals surface area contributed by atoms with E-state index in [0.717, 1.165) is 11.1 Å². The van der Waals surface area contributed by atoms with Crippen LogP contribution in [0.1, 0.15) is 31.0 Å². The lowest BCUT2D eigenvalue weighted by molar-refractivity contribution is 0.448. The molecule has 3 nitrogen and oxygen atoms in total. The fraction of sp³-hybridized carbons (Fsp3) is 0.308. The number of aromatic hydroxyl groups is 2. The Morgan fingerprint density at radius 3 is 2.50 bits per heavy atom. The largest absolute Gasteiger partial charge is 0.508 e. The second-order valence-corrected chi connectivity index (χ2v) is 4.35. The average Bonchev–Trinajstić information content (AvgIpc) is 2.25. The molecule has 2 N–H and O–H groups in total. The Hall–Kier alpha value is -1.77. The average molecular weight is 217 g/mol. The van der Waals surface area contributed by atoms with Crippen molar-refractivity contribution in [1.82, 2.24) is 4.98 Å². The molecule has 0 aliphatic rings. The smallest absolute Gasteiger partial charge is 0.131 e. The second-order valence-electron chi connectivity index (χ2n) is 4.35. The quantitative estimate of drug-likeness (QED) is 0.771. The van der Waals surface area contributed by atoms with Gasteiger partial charge in [0.25, 0.3) is 0 Å². The lowest BCUT2D eigenvalue weighted by Crippen LogP contribution is -1.92. The Labute approximate surface area is 94.4 Å². The van der Waals surface area contributed by atoms with Crippen LogP contribution in [0.15, 0.2) is 18.3 Å². The molecule has 0 radical (unpaired) electrons. The van der Waals surface area contributed by atoms with Gasteiger partial charge in [-0.2, -0.15) is 0 Å². The number of phenols is 2. The number of aromatic nitrogens is 1. The van der Waals surface area contributed by atoms with Gasteiger partial charge in [0.15, 0.2) is 0 Å². The van der Waals surface area contributed by atoms with Crippen molar-refractivity contribution < 1.29 is 10.2 Å².